The molecule has 5 nitrogen and oxygen atoms in total. The lowest BCUT2D eigenvalue weighted by Crippen LogP contribution is -2.24. The SMILES string of the molecule is COC(=O)CCN(C)c1nc2c(cc1C#N)CCCC2. The highest BCUT2D eigenvalue weighted by Gasteiger charge is 2.17. The Kier molecular flexibility index (Phi) is 4.57. The number of ether oxygens (including phenoxy) is 1. The molecule has 0 saturated carbocycles. The number of rotatable bonds is 4. The molecule has 1 aromatic heterocycles. The van der Waals surface area contributed by atoms with E-state index >= 15 is 0 Å². The van der Waals surface area contributed by atoms with Crippen molar-refractivity contribution in [2.75, 3.05) is 25.6 Å². The lowest BCUT2D eigenvalue weighted by molar-refractivity contribution is -0.140. The van der Waals surface area contributed by atoms with Gasteiger partial charge in [0.25, 0.3) is 0 Å². The van der Waals surface area contributed by atoms with Crippen molar-refractivity contribution in [3.63, 3.8) is 0 Å². The van der Waals surface area contributed by atoms with E-state index in [1.165, 1.54) is 12.7 Å². The van der Waals surface area contributed by atoms with Crippen LogP contribution < -0.4 is 4.90 Å². The zero-order chi connectivity index (χ0) is 14.5. The van der Waals surface area contributed by atoms with Gasteiger partial charge in [-0.3, -0.25) is 4.79 Å². The maximum absolute atomic E-state index is 11.2. The van der Waals surface area contributed by atoms with Gasteiger partial charge in [-0.15, -0.1) is 0 Å². The van der Waals surface area contributed by atoms with Gasteiger partial charge in [-0.2, -0.15) is 5.26 Å². The van der Waals surface area contributed by atoms with Crippen LogP contribution in [0, 0.1) is 11.3 Å². The van der Waals surface area contributed by atoms with Gasteiger partial charge < -0.3 is 9.64 Å². The number of esters is 1. The fraction of sp³-hybridized carbons (Fsp3) is 0.533. The minimum absolute atomic E-state index is 0.256. The minimum Gasteiger partial charge on any atom is -0.469 e. The molecule has 0 unspecified atom stereocenters. The minimum atomic E-state index is -0.256. The van der Waals surface area contributed by atoms with E-state index in [4.69, 9.17) is 0 Å². The number of aryl methyl sites for hydroxylation is 2. The van der Waals surface area contributed by atoms with Gasteiger partial charge in [0.05, 0.1) is 19.1 Å². The van der Waals surface area contributed by atoms with Crippen LogP contribution in [0.4, 0.5) is 5.82 Å². The lowest BCUT2D eigenvalue weighted by atomic mass is 9.95. The Balaban J connectivity index is 2.21. The van der Waals surface area contributed by atoms with Gasteiger partial charge in [0.1, 0.15) is 11.9 Å². The Labute approximate surface area is 119 Å². The molecular weight excluding hydrogens is 254 g/mol. The molecule has 0 bridgehead atoms. The second-order valence-corrected chi connectivity index (χ2v) is 5.03. The van der Waals surface area contributed by atoms with Crippen LogP contribution in [0.25, 0.3) is 0 Å². The number of pyridine rings is 1. The fourth-order valence-electron chi connectivity index (χ4n) is 2.46. The molecule has 0 N–H and O–H groups in total. The largest absolute Gasteiger partial charge is 0.469 e. The van der Waals surface area contributed by atoms with E-state index < -0.39 is 0 Å². The van der Waals surface area contributed by atoms with Gasteiger partial charge in [0.2, 0.25) is 0 Å². The van der Waals surface area contributed by atoms with E-state index in [2.05, 4.69) is 15.8 Å². The van der Waals surface area contributed by atoms with E-state index in [9.17, 15) is 10.1 Å². The molecule has 2 rings (SSSR count). The van der Waals surface area contributed by atoms with Crippen molar-refractivity contribution < 1.29 is 9.53 Å². The van der Waals surface area contributed by atoms with Gasteiger partial charge >= 0.3 is 5.97 Å². The zero-order valence-electron chi connectivity index (χ0n) is 12.0. The van der Waals surface area contributed by atoms with Gasteiger partial charge in [-0.25, -0.2) is 4.98 Å². The van der Waals surface area contributed by atoms with E-state index in [-0.39, 0.29) is 12.4 Å². The molecule has 0 aliphatic heterocycles. The van der Waals surface area contributed by atoms with Gasteiger partial charge in [0, 0.05) is 19.3 Å². The first-order valence-corrected chi connectivity index (χ1v) is 6.86. The molecule has 5 heteroatoms. The first kappa shape index (κ1) is 14.3. The van der Waals surface area contributed by atoms with E-state index in [0.29, 0.717) is 17.9 Å². The number of anilines is 1. The number of methoxy groups -OCH3 is 1. The van der Waals surface area contributed by atoms with Gasteiger partial charge in [-0.1, -0.05) is 0 Å². The van der Waals surface area contributed by atoms with Crippen molar-refractivity contribution >= 4 is 11.8 Å². The summed E-state index contributed by atoms with van der Waals surface area (Å²) in [5.41, 5.74) is 2.87. The molecule has 20 heavy (non-hydrogen) atoms. The Morgan fingerprint density at radius 3 is 2.95 bits per heavy atom. The predicted molar refractivity (Wildman–Crippen MR) is 75.5 cm³/mol. The average molecular weight is 273 g/mol. The van der Waals surface area contributed by atoms with Crippen molar-refractivity contribution in [3.05, 3.63) is 22.9 Å². The highest BCUT2D eigenvalue weighted by Crippen LogP contribution is 2.26. The molecule has 1 heterocycles. The fourth-order valence-corrected chi connectivity index (χ4v) is 2.46. The standard InChI is InChI=1S/C15H19N3O2/c1-18(8-7-14(19)20-2)15-12(10-16)9-11-5-3-4-6-13(11)17-15/h9H,3-8H2,1-2H3. The third-order valence-corrected chi connectivity index (χ3v) is 3.64. The van der Waals surface area contributed by atoms with Crippen LogP contribution in [0.15, 0.2) is 6.07 Å². The highest BCUT2D eigenvalue weighted by molar-refractivity contribution is 5.70. The first-order chi connectivity index (χ1) is 9.65. The van der Waals surface area contributed by atoms with Crippen molar-refractivity contribution in [1.29, 1.82) is 5.26 Å². The van der Waals surface area contributed by atoms with Crippen molar-refractivity contribution in [1.82, 2.24) is 4.98 Å². The van der Waals surface area contributed by atoms with E-state index in [1.54, 1.807) is 0 Å². The van der Waals surface area contributed by atoms with Crippen LogP contribution in [-0.4, -0.2) is 31.7 Å². The summed E-state index contributed by atoms with van der Waals surface area (Å²) in [6, 6.07) is 4.16. The number of nitriles is 1. The van der Waals surface area contributed by atoms with Gasteiger partial charge in [-0.05, 0) is 37.3 Å². The Morgan fingerprint density at radius 1 is 1.50 bits per heavy atom. The van der Waals surface area contributed by atoms with E-state index in [0.717, 1.165) is 31.4 Å². The zero-order valence-corrected chi connectivity index (χ0v) is 12.0. The van der Waals surface area contributed by atoms with Crippen molar-refractivity contribution in [2.45, 2.75) is 32.1 Å². The number of fused-ring (bicyclic) bond motifs is 1. The molecule has 1 aliphatic carbocycles. The lowest BCUT2D eigenvalue weighted by Gasteiger charge is -2.22. The number of nitrogens with zero attached hydrogens (tertiary/aromatic N) is 3. The Morgan fingerprint density at radius 2 is 2.25 bits per heavy atom. The normalized spacial score (nSPS) is 13.2. The molecule has 0 spiro atoms. The quantitative estimate of drug-likeness (QED) is 0.783. The summed E-state index contributed by atoms with van der Waals surface area (Å²) in [6.45, 7) is 0.493. The summed E-state index contributed by atoms with van der Waals surface area (Å²) >= 11 is 0. The Hall–Kier alpha value is -2.09. The number of carbonyl (C=O) groups is 1. The molecule has 0 fully saturated rings. The maximum atomic E-state index is 11.2. The molecule has 0 radical (unpaired) electrons. The van der Waals surface area contributed by atoms with Gasteiger partial charge in [0.15, 0.2) is 0 Å². The summed E-state index contributed by atoms with van der Waals surface area (Å²) in [5.74, 6) is 0.408. The Bertz CT molecular complexity index is 549. The molecule has 0 atom stereocenters. The topological polar surface area (TPSA) is 66.2 Å². The third-order valence-electron chi connectivity index (χ3n) is 3.64. The van der Waals surface area contributed by atoms with Crippen LogP contribution in [0.2, 0.25) is 0 Å². The molecular formula is C15H19N3O2. The van der Waals surface area contributed by atoms with Crippen LogP contribution in [-0.2, 0) is 22.4 Å². The second kappa shape index (κ2) is 6.38. The molecule has 106 valence electrons. The van der Waals surface area contributed by atoms with Crippen LogP contribution >= 0.6 is 0 Å². The van der Waals surface area contributed by atoms with Crippen LogP contribution in [0.3, 0.4) is 0 Å². The summed E-state index contributed by atoms with van der Waals surface area (Å²) in [4.78, 5) is 17.7. The summed E-state index contributed by atoms with van der Waals surface area (Å²) in [7, 11) is 3.22. The second-order valence-electron chi connectivity index (χ2n) is 5.03. The smallest absolute Gasteiger partial charge is 0.307 e. The predicted octanol–water partition coefficient (Wildman–Crippen LogP) is 1.83. The molecule has 1 aliphatic rings. The molecule has 1 aromatic rings. The summed E-state index contributed by atoms with van der Waals surface area (Å²) in [5, 5.41) is 9.28. The van der Waals surface area contributed by atoms with Crippen LogP contribution in [0.1, 0.15) is 36.1 Å². The highest BCUT2D eigenvalue weighted by atomic mass is 16.5. The third kappa shape index (κ3) is 3.08. The first-order valence-electron chi connectivity index (χ1n) is 6.86. The van der Waals surface area contributed by atoms with Crippen molar-refractivity contribution in [2.24, 2.45) is 0 Å². The summed E-state index contributed by atoms with van der Waals surface area (Å²) in [6.07, 6.45) is 4.58. The molecule has 0 saturated heterocycles. The monoisotopic (exact) mass is 273 g/mol. The van der Waals surface area contributed by atoms with Crippen molar-refractivity contribution in [3.8, 4) is 6.07 Å². The molecule has 0 amide bonds. The van der Waals surface area contributed by atoms with E-state index in [1.807, 2.05) is 18.0 Å². The number of aromatic nitrogens is 1. The number of hydrogen-bond donors (Lipinski definition) is 0. The maximum Gasteiger partial charge on any atom is 0.307 e. The number of carbonyl (C=O) groups excluding carboxylic acids is 1. The van der Waals surface area contributed by atoms with Crippen LogP contribution in [0.5, 0.6) is 0 Å². The summed E-state index contributed by atoms with van der Waals surface area (Å²) < 4.78 is 4.63. The average Bonchev–Trinajstić information content (AvgIpc) is 2.50. The molecule has 0 aromatic carbocycles. The number of hydrogen-bond acceptors (Lipinski definition) is 5.